The van der Waals surface area contributed by atoms with Crippen LogP contribution in [0.5, 0.6) is 0 Å². The highest BCUT2D eigenvalue weighted by Crippen LogP contribution is 2.38. The van der Waals surface area contributed by atoms with Crippen molar-refractivity contribution in [1.29, 1.82) is 0 Å². The van der Waals surface area contributed by atoms with Crippen LogP contribution in [0.15, 0.2) is 41.3 Å². The molecule has 5 nitrogen and oxygen atoms in total. The van der Waals surface area contributed by atoms with Crippen LogP contribution in [0.25, 0.3) is 11.3 Å². The second-order valence-corrected chi connectivity index (χ2v) is 6.02. The SMILES string of the molecule is O=C(Nc1c[nH]sc1=O)c1ccc(C(F)(F)F)c(-c2c(F)cccc2F)n1. The first-order chi connectivity index (χ1) is 12.7. The maximum absolute atomic E-state index is 14.0. The zero-order valence-corrected chi connectivity index (χ0v) is 13.8. The largest absolute Gasteiger partial charge is 0.418 e. The van der Waals surface area contributed by atoms with Crippen LogP contribution in [0.1, 0.15) is 16.1 Å². The Morgan fingerprint density at radius 2 is 1.78 bits per heavy atom. The number of carbonyl (C=O) groups is 1. The van der Waals surface area contributed by atoms with Crippen molar-refractivity contribution in [3.05, 3.63) is 69.0 Å². The smallest absolute Gasteiger partial charge is 0.315 e. The van der Waals surface area contributed by atoms with Crippen LogP contribution in [-0.4, -0.2) is 15.3 Å². The number of halogens is 5. The highest BCUT2D eigenvalue weighted by Gasteiger charge is 2.36. The minimum absolute atomic E-state index is 0.134. The van der Waals surface area contributed by atoms with E-state index in [0.717, 1.165) is 24.3 Å². The number of nitrogens with one attached hydrogen (secondary N) is 2. The van der Waals surface area contributed by atoms with E-state index in [1.54, 1.807) is 0 Å². The Morgan fingerprint density at radius 1 is 1.11 bits per heavy atom. The second kappa shape index (κ2) is 6.91. The molecule has 140 valence electrons. The van der Waals surface area contributed by atoms with Crippen molar-refractivity contribution in [3.8, 4) is 11.3 Å². The van der Waals surface area contributed by atoms with Gasteiger partial charge in [0, 0.05) is 6.20 Å². The third-order valence-corrected chi connectivity index (χ3v) is 4.10. The van der Waals surface area contributed by atoms with Crippen LogP contribution in [0, 0.1) is 11.6 Å². The molecule has 0 unspecified atom stereocenters. The first kappa shape index (κ1) is 18.7. The van der Waals surface area contributed by atoms with Gasteiger partial charge in [-0.15, -0.1) is 0 Å². The topological polar surface area (TPSA) is 74.8 Å². The van der Waals surface area contributed by atoms with Crippen molar-refractivity contribution in [2.24, 2.45) is 0 Å². The van der Waals surface area contributed by atoms with Crippen molar-refractivity contribution in [2.45, 2.75) is 6.18 Å². The molecular formula is C16H8F5N3O2S. The molecule has 0 fully saturated rings. The van der Waals surface area contributed by atoms with Gasteiger partial charge >= 0.3 is 6.18 Å². The zero-order chi connectivity index (χ0) is 19.8. The van der Waals surface area contributed by atoms with Crippen molar-refractivity contribution in [2.75, 3.05) is 5.32 Å². The Labute approximate surface area is 151 Å². The minimum atomic E-state index is -4.96. The molecule has 1 amide bonds. The van der Waals surface area contributed by atoms with E-state index < -0.39 is 51.0 Å². The maximum atomic E-state index is 14.0. The summed E-state index contributed by atoms with van der Waals surface area (Å²) in [5.74, 6) is -3.54. The molecule has 0 spiro atoms. The summed E-state index contributed by atoms with van der Waals surface area (Å²) >= 11 is 0.688. The van der Waals surface area contributed by atoms with Gasteiger partial charge in [-0.2, -0.15) is 13.2 Å². The van der Waals surface area contributed by atoms with Crippen molar-refractivity contribution < 1.29 is 26.7 Å². The summed E-state index contributed by atoms with van der Waals surface area (Å²) in [4.78, 5) is 27.2. The molecule has 3 rings (SSSR count). The first-order valence-electron chi connectivity index (χ1n) is 7.19. The molecule has 1 aromatic carbocycles. The Hall–Kier alpha value is -3.08. The minimum Gasteiger partial charge on any atom is -0.315 e. The summed E-state index contributed by atoms with van der Waals surface area (Å²) < 4.78 is 69.7. The number of amides is 1. The molecule has 27 heavy (non-hydrogen) atoms. The fourth-order valence-electron chi connectivity index (χ4n) is 2.26. The number of hydrogen-bond acceptors (Lipinski definition) is 4. The molecule has 0 bridgehead atoms. The van der Waals surface area contributed by atoms with Crippen LogP contribution < -0.4 is 10.1 Å². The molecule has 0 aliphatic heterocycles. The number of hydrogen-bond donors (Lipinski definition) is 2. The van der Waals surface area contributed by atoms with Gasteiger partial charge in [0.15, 0.2) is 0 Å². The lowest BCUT2D eigenvalue weighted by atomic mass is 10.0. The average Bonchev–Trinajstić information content (AvgIpc) is 2.98. The fourth-order valence-corrected chi connectivity index (χ4v) is 2.76. The van der Waals surface area contributed by atoms with E-state index in [1.165, 1.54) is 6.20 Å². The third kappa shape index (κ3) is 3.72. The highest BCUT2D eigenvalue weighted by molar-refractivity contribution is 7.03. The van der Waals surface area contributed by atoms with E-state index in [0.29, 0.717) is 17.6 Å². The van der Waals surface area contributed by atoms with Gasteiger partial charge in [0.05, 0.1) is 16.8 Å². The average molecular weight is 401 g/mol. The summed E-state index contributed by atoms with van der Waals surface area (Å²) in [6, 6.07) is 3.79. The van der Waals surface area contributed by atoms with E-state index >= 15 is 0 Å². The fraction of sp³-hybridized carbons (Fsp3) is 0.0625. The number of carbonyl (C=O) groups excluding carboxylic acids is 1. The van der Waals surface area contributed by atoms with Crippen LogP contribution in [0.2, 0.25) is 0 Å². The van der Waals surface area contributed by atoms with E-state index in [2.05, 4.69) is 14.7 Å². The first-order valence-corrected chi connectivity index (χ1v) is 8.01. The Morgan fingerprint density at radius 3 is 2.33 bits per heavy atom. The number of anilines is 1. The summed E-state index contributed by atoms with van der Waals surface area (Å²) in [5, 5.41) is 2.17. The molecule has 0 radical (unpaired) electrons. The second-order valence-electron chi connectivity index (χ2n) is 5.21. The van der Waals surface area contributed by atoms with E-state index in [9.17, 15) is 31.5 Å². The van der Waals surface area contributed by atoms with E-state index in [4.69, 9.17) is 0 Å². The molecular weight excluding hydrogens is 393 g/mol. The Kier molecular flexibility index (Phi) is 4.79. The summed E-state index contributed by atoms with van der Waals surface area (Å²) in [5.41, 5.74) is -4.16. The standard InChI is InChI=1S/C16H8F5N3O2S/c17-8-2-1-3-9(18)12(8)13-7(16(19,20)21)4-5-10(23-13)14(25)24-11-6-22-27-15(11)26/h1-6,22H,(H,24,25). The molecule has 2 aromatic heterocycles. The van der Waals surface area contributed by atoms with Gasteiger partial charge < -0.3 is 9.69 Å². The predicted molar refractivity (Wildman–Crippen MR) is 87.5 cm³/mol. The number of nitrogens with zero attached hydrogens (tertiary/aromatic N) is 1. The van der Waals surface area contributed by atoms with Gasteiger partial charge in [0.1, 0.15) is 23.0 Å². The summed E-state index contributed by atoms with van der Waals surface area (Å²) in [6.45, 7) is 0. The molecule has 0 atom stereocenters. The molecule has 2 heterocycles. The van der Waals surface area contributed by atoms with Crippen LogP contribution in [0.3, 0.4) is 0 Å². The summed E-state index contributed by atoms with van der Waals surface area (Å²) in [7, 11) is 0. The molecule has 11 heteroatoms. The number of aromatic nitrogens is 2. The molecule has 0 saturated heterocycles. The zero-order valence-electron chi connectivity index (χ0n) is 13.0. The van der Waals surface area contributed by atoms with Gasteiger partial charge in [-0.25, -0.2) is 13.8 Å². The van der Waals surface area contributed by atoms with E-state index in [1.807, 2.05) is 0 Å². The normalized spacial score (nSPS) is 11.4. The maximum Gasteiger partial charge on any atom is 0.418 e. The molecule has 0 aliphatic carbocycles. The molecule has 2 N–H and O–H groups in total. The van der Waals surface area contributed by atoms with Crippen molar-refractivity contribution >= 4 is 23.1 Å². The number of benzene rings is 1. The lowest BCUT2D eigenvalue weighted by Gasteiger charge is -2.14. The molecule has 0 aliphatic rings. The summed E-state index contributed by atoms with van der Waals surface area (Å²) in [6.07, 6.45) is -3.77. The third-order valence-electron chi connectivity index (χ3n) is 3.46. The number of pyridine rings is 1. The monoisotopic (exact) mass is 401 g/mol. The van der Waals surface area contributed by atoms with E-state index in [-0.39, 0.29) is 5.69 Å². The quantitative estimate of drug-likeness (QED) is 0.651. The van der Waals surface area contributed by atoms with Gasteiger partial charge in [0.2, 0.25) is 0 Å². The predicted octanol–water partition coefficient (Wildman–Crippen LogP) is 4.05. The Bertz CT molecular complexity index is 1050. The number of aromatic amines is 1. The van der Waals surface area contributed by atoms with Crippen molar-refractivity contribution in [1.82, 2.24) is 9.36 Å². The van der Waals surface area contributed by atoms with Crippen molar-refractivity contribution in [3.63, 3.8) is 0 Å². The van der Waals surface area contributed by atoms with Gasteiger partial charge in [-0.3, -0.25) is 9.59 Å². The lowest BCUT2D eigenvalue weighted by Crippen LogP contribution is -2.19. The highest BCUT2D eigenvalue weighted by atomic mass is 32.1. The van der Waals surface area contributed by atoms with Crippen LogP contribution in [0.4, 0.5) is 27.6 Å². The lowest BCUT2D eigenvalue weighted by molar-refractivity contribution is -0.137. The van der Waals surface area contributed by atoms with Gasteiger partial charge in [-0.05, 0) is 35.8 Å². The van der Waals surface area contributed by atoms with Crippen LogP contribution >= 0.6 is 11.5 Å². The number of alkyl halides is 3. The molecule has 3 aromatic rings. The van der Waals surface area contributed by atoms with Crippen LogP contribution in [-0.2, 0) is 6.18 Å². The number of H-pyrrole nitrogens is 1. The number of rotatable bonds is 3. The molecule has 0 saturated carbocycles. The Balaban J connectivity index is 2.13. The van der Waals surface area contributed by atoms with Gasteiger partial charge in [-0.1, -0.05) is 6.07 Å². The van der Waals surface area contributed by atoms with Gasteiger partial charge in [0.25, 0.3) is 10.6 Å².